The predicted molar refractivity (Wildman–Crippen MR) is 144 cm³/mol. The highest BCUT2D eigenvalue weighted by Gasteiger charge is 2.41. The lowest BCUT2D eigenvalue weighted by Gasteiger charge is -2.38. The van der Waals surface area contributed by atoms with E-state index in [0.717, 1.165) is 25.1 Å². The van der Waals surface area contributed by atoms with Crippen LogP contribution < -0.4 is 0 Å². The van der Waals surface area contributed by atoms with Crippen LogP contribution in [0.4, 0.5) is 0 Å². The first-order valence-electron chi connectivity index (χ1n) is 11.9. The Morgan fingerprint density at radius 3 is 2.44 bits per heavy atom. The van der Waals surface area contributed by atoms with Crippen molar-refractivity contribution in [2.24, 2.45) is 0 Å². The summed E-state index contributed by atoms with van der Waals surface area (Å²) < 4.78 is 34.6. The fraction of sp³-hybridized carbons (Fsp3) is 0.538. The number of hydrogen-bond acceptors (Lipinski definition) is 4. The van der Waals surface area contributed by atoms with Crippen LogP contribution in [0.25, 0.3) is 0 Å². The lowest BCUT2D eigenvalue weighted by atomic mass is 10.1. The van der Waals surface area contributed by atoms with Crippen molar-refractivity contribution in [3.8, 4) is 0 Å². The molecule has 5 nitrogen and oxygen atoms in total. The molecule has 1 heterocycles. The van der Waals surface area contributed by atoms with Crippen molar-refractivity contribution < 1.29 is 12.8 Å². The fourth-order valence-corrected chi connectivity index (χ4v) is 6.92. The molecule has 2 aromatic rings. The Morgan fingerprint density at radius 2 is 1.82 bits per heavy atom. The van der Waals surface area contributed by atoms with Gasteiger partial charge in [0.25, 0.3) is 0 Å². The standard InChI is InChI=1S/C26H39ClN2O3SSi/c1-26(2,3)34(5,6)32-24-15-16-29(18-24)25(22-12-8-7-9-13-22)19-28(4)33(30,31)20-21-11-10-14-23(27)17-21/h7-14,17,24-25H,15-16,18-20H2,1-6H3/t24-,25-/m0/s1. The first-order chi connectivity index (χ1) is 15.8. The molecule has 0 N–H and O–H groups in total. The molecule has 0 radical (unpaired) electrons. The third-order valence-electron chi connectivity index (χ3n) is 7.21. The van der Waals surface area contributed by atoms with Crippen molar-refractivity contribution in [1.29, 1.82) is 0 Å². The summed E-state index contributed by atoms with van der Waals surface area (Å²) in [6.07, 6.45) is 1.15. The van der Waals surface area contributed by atoms with E-state index in [2.05, 4.69) is 50.9 Å². The largest absolute Gasteiger partial charge is 0.413 e. The molecule has 0 amide bonds. The van der Waals surface area contributed by atoms with Gasteiger partial charge in [-0.05, 0) is 47.8 Å². The molecule has 0 aromatic heterocycles. The number of rotatable bonds is 9. The quantitative estimate of drug-likeness (QED) is 0.382. The summed E-state index contributed by atoms with van der Waals surface area (Å²) in [6.45, 7) is 13.5. The highest BCUT2D eigenvalue weighted by molar-refractivity contribution is 7.88. The predicted octanol–water partition coefficient (Wildman–Crippen LogP) is 5.94. The summed E-state index contributed by atoms with van der Waals surface area (Å²) in [5.41, 5.74) is 1.82. The first kappa shape index (κ1) is 27.4. The van der Waals surface area contributed by atoms with E-state index in [4.69, 9.17) is 16.0 Å². The molecule has 0 aliphatic carbocycles. The van der Waals surface area contributed by atoms with Gasteiger partial charge in [-0.15, -0.1) is 0 Å². The van der Waals surface area contributed by atoms with Crippen LogP contribution in [0.2, 0.25) is 23.2 Å². The summed E-state index contributed by atoms with van der Waals surface area (Å²) in [5.74, 6) is -0.0668. The molecule has 0 spiro atoms. The van der Waals surface area contributed by atoms with E-state index in [1.807, 2.05) is 18.2 Å². The lowest BCUT2D eigenvalue weighted by Crippen LogP contribution is -2.45. The fourth-order valence-electron chi connectivity index (χ4n) is 4.14. The molecule has 1 aliphatic heterocycles. The van der Waals surface area contributed by atoms with Gasteiger partial charge < -0.3 is 4.43 Å². The van der Waals surface area contributed by atoms with Crippen molar-refractivity contribution in [3.63, 3.8) is 0 Å². The van der Waals surface area contributed by atoms with E-state index in [9.17, 15) is 8.42 Å². The maximum Gasteiger partial charge on any atom is 0.218 e. The zero-order valence-electron chi connectivity index (χ0n) is 21.3. The van der Waals surface area contributed by atoms with Crippen LogP contribution >= 0.6 is 11.6 Å². The van der Waals surface area contributed by atoms with Gasteiger partial charge in [0, 0.05) is 37.7 Å². The average Bonchev–Trinajstić information content (AvgIpc) is 3.18. The summed E-state index contributed by atoms with van der Waals surface area (Å²) >= 11 is 6.07. The Hall–Kier alpha value is -1.22. The maximum absolute atomic E-state index is 13.2. The second-order valence-corrected chi connectivity index (χ2v) is 18.1. The zero-order valence-corrected chi connectivity index (χ0v) is 23.9. The van der Waals surface area contributed by atoms with Crippen LogP contribution in [0.5, 0.6) is 0 Å². The van der Waals surface area contributed by atoms with Crippen LogP contribution in [-0.4, -0.2) is 58.7 Å². The first-order valence-corrected chi connectivity index (χ1v) is 16.8. The van der Waals surface area contributed by atoms with Crippen LogP contribution in [0.15, 0.2) is 54.6 Å². The molecule has 8 heteroatoms. The van der Waals surface area contributed by atoms with Crippen LogP contribution in [0, 0.1) is 0 Å². The summed E-state index contributed by atoms with van der Waals surface area (Å²) in [7, 11) is -3.69. The van der Waals surface area contributed by atoms with E-state index >= 15 is 0 Å². The number of nitrogens with zero attached hydrogens (tertiary/aromatic N) is 2. The minimum absolute atomic E-state index is 0.0339. The molecule has 1 saturated heterocycles. The van der Waals surface area contributed by atoms with Gasteiger partial charge >= 0.3 is 0 Å². The number of halogens is 1. The molecule has 2 atom stereocenters. The number of hydrogen-bond donors (Lipinski definition) is 0. The molecule has 0 saturated carbocycles. The second kappa shape index (κ2) is 10.8. The van der Waals surface area contributed by atoms with Crippen LogP contribution in [-0.2, 0) is 20.2 Å². The van der Waals surface area contributed by atoms with Crippen molar-refractivity contribution in [1.82, 2.24) is 9.21 Å². The molecular weight excluding hydrogens is 484 g/mol. The maximum atomic E-state index is 13.2. The van der Waals surface area contributed by atoms with E-state index in [1.54, 1.807) is 31.3 Å². The smallest absolute Gasteiger partial charge is 0.218 e. The van der Waals surface area contributed by atoms with E-state index < -0.39 is 18.3 Å². The molecular formula is C26H39ClN2O3SSi. The minimum Gasteiger partial charge on any atom is -0.413 e. The number of likely N-dealkylation sites (N-methyl/N-ethyl adjacent to an activating group) is 1. The van der Waals surface area contributed by atoms with Gasteiger partial charge in [0.05, 0.1) is 11.9 Å². The molecule has 0 unspecified atom stereocenters. The molecule has 3 rings (SSSR count). The van der Waals surface area contributed by atoms with Gasteiger partial charge in [-0.2, -0.15) is 0 Å². The van der Waals surface area contributed by atoms with Gasteiger partial charge in [-0.25, -0.2) is 12.7 Å². The summed E-state index contributed by atoms with van der Waals surface area (Å²) in [5, 5.41) is 0.704. The monoisotopic (exact) mass is 522 g/mol. The van der Waals surface area contributed by atoms with Gasteiger partial charge in [0.2, 0.25) is 10.0 Å². The molecule has 2 aromatic carbocycles. The van der Waals surface area contributed by atoms with Crippen molar-refractivity contribution >= 4 is 29.9 Å². The average molecular weight is 523 g/mol. The normalized spacial score (nSPS) is 19.0. The van der Waals surface area contributed by atoms with E-state index in [1.165, 1.54) is 4.31 Å². The van der Waals surface area contributed by atoms with E-state index in [0.29, 0.717) is 17.1 Å². The lowest BCUT2D eigenvalue weighted by molar-refractivity contribution is 0.156. The Balaban J connectivity index is 1.76. The highest BCUT2D eigenvalue weighted by Crippen LogP contribution is 2.39. The van der Waals surface area contributed by atoms with E-state index in [-0.39, 0.29) is 22.9 Å². The van der Waals surface area contributed by atoms with Crippen LogP contribution in [0.3, 0.4) is 0 Å². The highest BCUT2D eigenvalue weighted by atomic mass is 35.5. The Bertz CT molecular complexity index is 1060. The number of likely N-dealkylation sites (tertiary alicyclic amines) is 1. The van der Waals surface area contributed by atoms with Gasteiger partial charge in [0.15, 0.2) is 8.32 Å². The summed E-state index contributed by atoms with van der Waals surface area (Å²) in [4.78, 5) is 2.39. The Morgan fingerprint density at radius 1 is 1.15 bits per heavy atom. The van der Waals surface area contributed by atoms with Gasteiger partial charge in [0.1, 0.15) is 0 Å². The van der Waals surface area contributed by atoms with Gasteiger partial charge in [-0.3, -0.25) is 4.90 Å². The number of sulfonamides is 1. The van der Waals surface area contributed by atoms with Gasteiger partial charge in [-0.1, -0.05) is 74.8 Å². The molecule has 1 fully saturated rings. The Labute approximate surface area is 212 Å². The van der Waals surface area contributed by atoms with Crippen molar-refractivity contribution in [2.45, 2.75) is 63.2 Å². The minimum atomic E-state index is -3.50. The molecule has 188 valence electrons. The molecule has 1 aliphatic rings. The Kier molecular flexibility index (Phi) is 8.70. The SMILES string of the molecule is CN(C[C@@H](c1ccccc1)N1CC[C@H](O[Si](C)(C)C(C)(C)C)C1)S(=O)(=O)Cc1cccc(Cl)c1. The summed E-state index contributed by atoms with van der Waals surface area (Å²) in [6, 6.07) is 17.2. The van der Waals surface area contributed by atoms with Crippen LogP contribution in [0.1, 0.15) is 44.4 Å². The number of benzene rings is 2. The molecule has 34 heavy (non-hydrogen) atoms. The topological polar surface area (TPSA) is 49.9 Å². The zero-order chi connectivity index (χ0) is 25.1. The third-order valence-corrected chi connectivity index (χ3v) is 13.8. The van der Waals surface area contributed by atoms with Crippen molar-refractivity contribution in [3.05, 3.63) is 70.7 Å². The molecule has 0 bridgehead atoms. The second-order valence-electron chi connectivity index (χ2n) is 10.9. The van der Waals surface area contributed by atoms with Crippen molar-refractivity contribution in [2.75, 3.05) is 26.7 Å². The third kappa shape index (κ3) is 6.92.